The van der Waals surface area contributed by atoms with E-state index in [0.717, 1.165) is 60.1 Å². The van der Waals surface area contributed by atoms with Crippen molar-refractivity contribution < 1.29 is 14.6 Å². The maximum Gasteiger partial charge on any atom is 0.303 e. The lowest BCUT2D eigenvalue weighted by atomic mass is 9.88. The molecule has 0 bridgehead atoms. The van der Waals surface area contributed by atoms with Crippen LogP contribution in [-0.4, -0.2) is 47.3 Å². The molecule has 0 radical (unpaired) electrons. The number of aryl methyl sites for hydroxylation is 1. The molecular weight excluding hydrogens is 416 g/mol. The van der Waals surface area contributed by atoms with Gasteiger partial charge < -0.3 is 14.7 Å². The first-order valence-electron chi connectivity index (χ1n) is 10.6. The Morgan fingerprint density at radius 2 is 2.10 bits per heavy atom. The summed E-state index contributed by atoms with van der Waals surface area (Å²) in [4.78, 5) is 19.5. The van der Waals surface area contributed by atoms with Crippen LogP contribution < -0.4 is 9.64 Å². The third-order valence-corrected chi connectivity index (χ3v) is 7.65. The number of thioether (sulfide) groups is 1. The van der Waals surface area contributed by atoms with E-state index in [1.807, 2.05) is 23.9 Å². The summed E-state index contributed by atoms with van der Waals surface area (Å²) in [5, 5.41) is 10.2. The van der Waals surface area contributed by atoms with E-state index in [4.69, 9.17) is 14.8 Å². The average Bonchev–Trinajstić information content (AvgIpc) is 3.13. The molecule has 1 saturated heterocycles. The van der Waals surface area contributed by atoms with Crippen molar-refractivity contribution in [3.63, 3.8) is 0 Å². The second-order valence-electron chi connectivity index (χ2n) is 7.64. The highest BCUT2D eigenvalue weighted by atomic mass is 32.2. The number of thiazole rings is 1. The number of nitrogens with zero attached hydrogens (tertiary/aromatic N) is 2. The number of ether oxygens (including phenoxy) is 1. The lowest BCUT2D eigenvalue weighted by Gasteiger charge is -2.25. The maximum absolute atomic E-state index is 11.0. The monoisotopic (exact) mass is 444 g/mol. The van der Waals surface area contributed by atoms with Crippen molar-refractivity contribution in [3.8, 4) is 5.75 Å². The molecule has 0 unspecified atom stereocenters. The second kappa shape index (κ2) is 9.88. The first kappa shape index (κ1) is 21.2. The standard InChI is InChI=1S/C23H28N2O3S2/c1-16-20(24-23(30-16)25-11-14-29-15-12-25)10-13-28-21-7-3-5-18-17(8-9-22(26)27)4-2-6-19(18)21/h3-5,7H,2,6,8-15H2,1H3,(H,26,27). The van der Waals surface area contributed by atoms with E-state index in [-0.39, 0.29) is 6.42 Å². The van der Waals surface area contributed by atoms with Crippen LogP contribution in [0.3, 0.4) is 0 Å². The second-order valence-corrected chi connectivity index (χ2v) is 10.0. The molecule has 1 aliphatic carbocycles. The third kappa shape index (κ3) is 5.01. The minimum absolute atomic E-state index is 0.164. The molecule has 2 aliphatic rings. The van der Waals surface area contributed by atoms with Gasteiger partial charge in [-0.3, -0.25) is 4.79 Å². The van der Waals surface area contributed by atoms with Gasteiger partial charge in [0.2, 0.25) is 0 Å². The number of carbonyl (C=O) groups is 1. The minimum atomic E-state index is -0.753. The predicted octanol–water partition coefficient (Wildman–Crippen LogP) is 4.82. The van der Waals surface area contributed by atoms with Crippen molar-refractivity contribution in [2.45, 2.75) is 39.0 Å². The summed E-state index contributed by atoms with van der Waals surface area (Å²) >= 11 is 3.81. The van der Waals surface area contributed by atoms with Crippen LogP contribution in [0.4, 0.5) is 5.13 Å². The van der Waals surface area contributed by atoms with E-state index in [2.05, 4.69) is 24.0 Å². The smallest absolute Gasteiger partial charge is 0.303 e. The molecule has 1 aliphatic heterocycles. The van der Waals surface area contributed by atoms with Crippen LogP contribution in [-0.2, 0) is 17.6 Å². The van der Waals surface area contributed by atoms with Gasteiger partial charge in [-0.05, 0) is 43.4 Å². The lowest BCUT2D eigenvalue weighted by Crippen LogP contribution is -2.32. The van der Waals surface area contributed by atoms with Gasteiger partial charge >= 0.3 is 5.97 Å². The van der Waals surface area contributed by atoms with Gasteiger partial charge in [-0.1, -0.05) is 18.2 Å². The number of aliphatic carboxylic acids is 1. The Morgan fingerprint density at radius 3 is 2.90 bits per heavy atom. The van der Waals surface area contributed by atoms with Crippen LogP contribution in [0.25, 0.3) is 5.57 Å². The summed E-state index contributed by atoms with van der Waals surface area (Å²) in [6.07, 6.45) is 5.59. The maximum atomic E-state index is 11.0. The van der Waals surface area contributed by atoms with E-state index in [9.17, 15) is 4.79 Å². The van der Waals surface area contributed by atoms with Crippen LogP contribution in [0.1, 0.15) is 41.0 Å². The Kier molecular flexibility index (Phi) is 7.00. The Hall–Kier alpha value is -1.99. The molecule has 1 aromatic heterocycles. The Morgan fingerprint density at radius 1 is 1.27 bits per heavy atom. The SMILES string of the molecule is Cc1sc(N2CCSCC2)nc1CCOc1cccc2c1CCC=C2CCC(=O)O. The zero-order valence-corrected chi connectivity index (χ0v) is 19.0. The first-order valence-corrected chi connectivity index (χ1v) is 12.5. The lowest BCUT2D eigenvalue weighted by molar-refractivity contribution is -0.136. The van der Waals surface area contributed by atoms with Gasteiger partial charge in [0.15, 0.2) is 5.13 Å². The van der Waals surface area contributed by atoms with E-state index in [0.29, 0.717) is 13.0 Å². The fourth-order valence-corrected chi connectivity index (χ4v) is 5.94. The molecule has 1 aromatic carbocycles. The van der Waals surface area contributed by atoms with Crippen LogP contribution in [0.5, 0.6) is 5.75 Å². The van der Waals surface area contributed by atoms with Gasteiger partial charge in [0.25, 0.3) is 0 Å². The molecule has 0 saturated carbocycles. The zero-order chi connectivity index (χ0) is 20.9. The number of carboxylic acids is 1. The molecule has 160 valence electrons. The number of rotatable bonds is 8. The largest absolute Gasteiger partial charge is 0.493 e. The Bertz CT molecular complexity index is 933. The third-order valence-electron chi connectivity index (χ3n) is 5.63. The van der Waals surface area contributed by atoms with E-state index < -0.39 is 5.97 Å². The van der Waals surface area contributed by atoms with E-state index in [1.165, 1.54) is 21.9 Å². The van der Waals surface area contributed by atoms with Gasteiger partial charge in [0.1, 0.15) is 5.75 Å². The van der Waals surface area contributed by atoms with Crippen molar-refractivity contribution in [2.75, 3.05) is 36.1 Å². The summed E-state index contributed by atoms with van der Waals surface area (Å²) < 4.78 is 6.20. The molecule has 1 fully saturated rings. The molecule has 7 heteroatoms. The van der Waals surface area contributed by atoms with Gasteiger partial charge in [-0.15, -0.1) is 11.3 Å². The first-order chi connectivity index (χ1) is 14.6. The van der Waals surface area contributed by atoms with E-state index >= 15 is 0 Å². The van der Waals surface area contributed by atoms with Gasteiger partial charge in [-0.2, -0.15) is 11.8 Å². The molecule has 1 N–H and O–H groups in total. The van der Waals surface area contributed by atoms with E-state index in [1.54, 1.807) is 11.3 Å². The molecule has 2 heterocycles. The van der Waals surface area contributed by atoms with Crippen molar-refractivity contribution in [1.29, 1.82) is 0 Å². The summed E-state index contributed by atoms with van der Waals surface area (Å²) in [7, 11) is 0. The summed E-state index contributed by atoms with van der Waals surface area (Å²) in [5.74, 6) is 2.53. The number of anilines is 1. The van der Waals surface area contributed by atoms with Crippen LogP contribution in [0.15, 0.2) is 24.3 Å². The highest BCUT2D eigenvalue weighted by Crippen LogP contribution is 2.35. The van der Waals surface area contributed by atoms with Crippen molar-refractivity contribution in [1.82, 2.24) is 4.98 Å². The van der Waals surface area contributed by atoms with Crippen molar-refractivity contribution in [3.05, 3.63) is 46.0 Å². The summed E-state index contributed by atoms with van der Waals surface area (Å²) in [5.41, 5.74) is 4.63. The minimum Gasteiger partial charge on any atom is -0.493 e. The number of fused-ring (bicyclic) bond motifs is 1. The van der Waals surface area contributed by atoms with Crippen LogP contribution in [0.2, 0.25) is 0 Å². The fraction of sp³-hybridized carbons (Fsp3) is 0.478. The van der Waals surface area contributed by atoms with Gasteiger partial charge in [0.05, 0.1) is 12.3 Å². The molecule has 2 aromatic rings. The topological polar surface area (TPSA) is 62.7 Å². The zero-order valence-electron chi connectivity index (χ0n) is 17.4. The molecular formula is C23H28N2O3S2. The Labute approximate surface area is 186 Å². The predicted molar refractivity (Wildman–Crippen MR) is 125 cm³/mol. The number of aromatic nitrogens is 1. The van der Waals surface area contributed by atoms with Crippen LogP contribution in [0, 0.1) is 6.92 Å². The number of carboxylic acid groups (broad SMARTS) is 1. The quantitative estimate of drug-likeness (QED) is 0.630. The fourth-order valence-electron chi connectivity index (χ4n) is 4.03. The number of benzene rings is 1. The highest BCUT2D eigenvalue weighted by Gasteiger charge is 2.19. The molecule has 30 heavy (non-hydrogen) atoms. The highest BCUT2D eigenvalue weighted by molar-refractivity contribution is 7.99. The van der Waals surface area contributed by atoms with Crippen molar-refractivity contribution >= 4 is 39.8 Å². The molecule has 5 nitrogen and oxygen atoms in total. The summed E-state index contributed by atoms with van der Waals surface area (Å²) in [6.45, 7) is 4.92. The number of hydrogen-bond donors (Lipinski definition) is 1. The molecule has 4 rings (SSSR count). The number of allylic oxidation sites excluding steroid dienone is 2. The van der Waals surface area contributed by atoms with Gasteiger partial charge in [-0.25, -0.2) is 4.98 Å². The Balaban J connectivity index is 1.39. The normalized spacial score (nSPS) is 16.2. The molecule has 0 atom stereocenters. The van der Waals surface area contributed by atoms with Gasteiger partial charge in [0, 0.05) is 47.9 Å². The molecule has 0 amide bonds. The van der Waals surface area contributed by atoms with Crippen LogP contribution >= 0.6 is 23.1 Å². The average molecular weight is 445 g/mol. The number of hydrogen-bond acceptors (Lipinski definition) is 6. The van der Waals surface area contributed by atoms with Crippen molar-refractivity contribution in [2.24, 2.45) is 0 Å². The summed E-state index contributed by atoms with van der Waals surface area (Å²) in [6, 6.07) is 6.13. The molecule has 0 spiro atoms.